The summed E-state index contributed by atoms with van der Waals surface area (Å²) in [5, 5.41) is 3.22. The van der Waals surface area contributed by atoms with Crippen molar-refractivity contribution >= 4 is 29.0 Å². The lowest BCUT2D eigenvalue weighted by molar-refractivity contribution is -0.116. The Morgan fingerprint density at radius 1 is 1.03 bits per heavy atom. The Labute approximate surface area is 196 Å². The lowest BCUT2D eigenvalue weighted by Gasteiger charge is -2.11. The average Bonchev–Trinajstić information content (AvgIpc) is 3.33. The van der Waals surface area contributed by atoms with E-state index in [-0.39, 0.29) is 18.1 Å². The quantitative estimate of drug-likeness (QED) is 0.336. The molecule has 4 aromatic rings. The third-order valence-electron chi connectivity index (χ3n) is 5.03. The maximum Gasteiger partial charge on any atom is 0.224 e. The van der Waals surface area contributed by atoms with E-state index in [1.807, 2.05) is 30.3 Å². The highest BCUT2D eigenvalue weighted by atomic mass is 35.5. The molecule has 3 aromatic carbocycles. The van der Waals surface area contributed by atoms with Gasteiger partial charge in [0.05, 0.1) is 19.0 Å². The van der Waals surface area contributed by atoms with Crippen LogP contribution in [0, 0.1) is 0 Å². The third-order valence-corrected chi connectivity index (χ3v) is 5.27. The van der Waals surface area contributed by atoms with Gasteiger partial charge in [-0.25, -0.2) is 4.98 Å². The van der Waals surface area contributed by atoms with Crippen LogP contribution >= 0.6 is 11.6 Å². The standard InChI is InChI=1S/C26H21ClN2O4/c1-32-20-10-7-17(8-11-20)23-16-28-25(33-23)14-13-24(30)29-22-12-9-19(27)15-21(22)26(31)18-5-3-2-4-6-18/h2-12,15-16H,13-14H2,1H3,(H,29,30). The van der Waals surface area contributed by atoms with Crippen LogP contribution in [0.1, 0.15) is 28.2 Å². The predicted molar refractivity (Wildman–Crippen MR) is 127 cm³/mol. The van der Waals surface area contributed by atoms with Gasteiger partial charge in [-0.2, -0.15) is 0 Å². The number of amides is 1. The van der Waals surface area contributed by atoms with Gasteiger partial charge in [-0.3, -0.25) is 9.59 Å². The van der Waals surface area contributed by atoms with Crippen molar-refractivity contribution < 1.29 is 18.7 Å². The number of nitrogens with zero attached hydrogens (tertiary/aromatic N) is 1. The first-order valence-corrected chi connectivity index (χ1v) is 10.7. The van der Waals surface area contributed by atoms with Crippen LogP contribution in [0.2, 0.25) is 5.02 Å². The summed E-state index contributed by atoms with van der Waals surface area (Å²) in [5.41, 5.74) is 2.12. The van der Waals surface area contributed by atoms with Gasteiger partial charge in [0.2, 0.25) is 5.91 Å². The molecule has 0 saturated carbocycles. The maximum absolute atomic E-state index is 12.9. The molecular weight excluding hydrogens is 440 g/mol. The highest BCUT2D eigenvalue weighted by Gasteiger charge is 2.17. The number of hydrogen-bond acceptors (Lipinski definition) is 5. The Morgan fingerprint density at radius 2 is 1.79 bits per heavy atom. The minimum Gasteiger partial charge on any atom is -0.497 e. The molecule has 0 aliphatic heterocycles. The van der Waals surface area contributed by atoms with Crippen LogP contribution < -0.4 is 10.1 Å². The number of hydrogen-bond donors (Lipinski definition) is 1. The summed E-state index contributed by atoms with van der Waals surface area (Å²) in [5.74, 6) is 1.34. The Hall–Kier alpha value is -3.90. The Bertz CT molecular complexity index is 1270. The third kappa shape index (κ3) is 5.48. The van der Waals surface area contributed by atoms with E-state index in [9.17, 15) is 9.59 Å². The number of carbonyl (C=O) groups is 2. The zero-order valence-corrected chi connectivity index (χ0v) is 18.6. The molecule has 0 radical (unpaired) electrons. The van der Waals surface area contributed by atoms with Crippen molar-refractivity contribution in [2.24, 2.45) is 0 Å². The summed E-state index contributed by atoms with van der Waals surface area (Å²) in [7, 11) is 1.61. The monoisotopic (exact) mass is 460 g/mol. The van der Waals surface area contributed by atoms with Crippen LogP contribution in [0.15, 0.2) is 83.4 Å². The number of ether oxygens (including phenoxy) is 1. The largest absolute Gasteiger partial charge is 0.497 e. The number of aryl methyl sites for hydroxylation is 1. The second kappa shape index (κ2) is 10.1. The second-order valence-electron chi connectivity index (χ2n) is 7.28. The van der Waals surface area contributed by atoms with Crippen molar-refractivity contribution in [3.8, 4) is 17.1 Å². The molecule has 0 bridgehead atoms. The molecule has 0 aliphatic rings. The van der Waals surface area contributed by atoms with E-state index in [1.54, 1.807) is 55.8 Å². The van der Waals surface area contributed by atoms with E-state index in [4.69, 9.17) is 20.8 Å². The fraction of sp³-hybridized carbons (Fsp3) is 0.115. The second-order valence-corrected chi connectivity index (χ2v) is 7.72. The number of ketones is 1. The first kappa shape index (κ1) is 22.3. The van der Waals surface area contributed by atoms with Gasteiger partial charge in [0.25, 0.3) is 0 Å². The fourth-order valence-corrected chi connectivity index (χ4v) is 3.48. The first-order valence-electron chi connectivity index (χ1n) is 10.3. The van der Waals surface area contributed by atoms with Gasteiger partial charge in [-0.1, -0.05) is 41.9 Å². The topological polar surface area (TPSA) is 81.4 Å². The molecule has 6 nitrogen and oxygen atoms in total. The van der Waals surface area contributed by atoms with Gasteiger partial charge < -0.3 is 14.5 Å². The van der Waals surface area contributed by atoms with Gasteiger partial charge in [0, 0.05) is 34.6 Å². The summed E-state index contributed by atoms with van der Waals surface area (Å²) in [4.78, 5) is 29.8. The first-order chi connectivity index (χ1) is 16.0. The molecule has 1 heterocycles. The van der Waals surface area contributed by atoms with Crippen molar-refractivity contribution in [3.63, 3.8) is 0 Å². The summed E-state index contributed by atoms with van der Waals surface area (Å²) in [6, 6.07) is 21.1. The summed E-state index contributed by atoms with van der Waals surface area (Å²) < 4.78 is 10.9. The molecule has 166 valence electrons. The van der Waals surface area contributed by atoms with E-state index in [1.165, 1.54) is 0 Å². The van der Waals surface area contributed by atoms with Crippen molar-refractivity contribution in [2.75, 3.05) is 12.4 Å². The van der Waals surface area contributed by atoms with E-state index in [0.29, 0.717) is 39.9 Å². The average molecular weight is 461 g/mol. The minimum atomic E-state index is -0.261. The number of carbonyl (C=O) groups excluding carboxylic acids is 2. The molecule has 4 rings (SSSR count). The van der Waals surface area contributed by atoms with Crippen molar-refractivity contribution in [2.45, 2.75) is 12.8 Å². The lowest BCUT2D eigenvalue weighted by Crippen LogP contribution is -2.15. The van der Waals surface area contributed by atoms with E-state index in [0.717, 1.165) is 11.3 Å². The number of nitrogens with one attached hydrogen (secondary N) is 1. The number of benzene rings is 3. The highest BCUT2D eigenvalue weighted by molar-refractivity contribution is 6.31. The van der Waals surface area contributed by atoms with Crippen LogP contribution in [-0.2, 0) is 11.2 Å². The number of halogens is 1. The van der Waals surface area contributed by atoms with E-state index in [2.05, 4.69) is 10.3 Å². The summed E-state index contributed by atoms with van der Waals surface area (Å²) >= 11 is 6.10. The molecule has 1 aromatic heterocycles. The zero-order valence-electron chi connectivity index (χ0n) is 17.9. The van der Waals surface area contributed by atoms with Gasteiger partial charge >= 0.3 is 0 Å². The van der Waals surface area contributed by atoms with Gasteiger partial charge in [-0.15, -0.1) is 0 Å². The number of anilines is 1. The smallest absolute Gasteiger partial charge is 0.224 e. The van der Waals surface area contributed by atoms with E-state index >= 15 is 0 Å². The van der Waals surface area contributed by atoms with Gasteiger partial charge in [-0.05, 0) is 42.5 Å². The maximum atomic E-state index is 12.9. The molecule has 0 fully saturated rings. The zero-order chi connectivity index (χ0) is 23.2. The molecule has 0 spiro atoms. The molecule has 0 unspecified atom stereocenters. The fourth-order valence-electron chi connectivity index (χ4n) is 3.31. The molecule has 1 N–H and O–H groups in total. The predicted octanol–water partition coefficient (Wildman–Crippen LogP) is 5.81. The SMILES string of the molecule is COc1ccc(-c2cnc(CCC(=O)Nc3ccc(Cl)cc3C(=O)c3ccccc3)o2)cc1. The number of aromatic nitrogens is 1. The number of oxazole rings is 1. The van der Waals surface area contributed by atoms with Crippen LogP contribution in [0.5, 0.6) is 5.75 Å². The summed E-state index contributed by atoms with van der Waals surface area (Å²) in [6.45, 7) is 0. The summed E-state index contributed by atoms with van der Waals surface area (Å²) in [6.07, 6.45) is 2.09. The number of rotatable bonds is 8. The van der Waals surface area contributed by atoms with Crippen LogP contribution in [0.3, 0.4) is 0 Å². The Balaban J connectivity index is 1.41. The van der Waals surface area contributed by atoms with Gasteiger partial charge in [0.1, 0.15) is 5.75 Å². The molecular formula is C26H21ClN2O4. The highest BCUT2D eigenvalue weighted by Crippen LogP contribution is 2.25. The number of methoxy groups -OCH3 is 1. The Morgan fingerprint density at radius 3 is 2.52 bits per heavy atom. The van der Waals surface area contributed by atoms with E-state index < -0.39 is 0 Å². The molecule has 0 aliphatic carbocycles. The van der Waals surface area contributed by atoms with Crippen molar-refractivity contribution in [1.29, 1.82) is 0 Å². The molecule has 7 heteroatoms. The van der Waals surface area contributed by atoms with Crippen LogP contribution in [-0.4, -0.2) is 23.8 Å². The normalized spacial score (nSPS) is 10.6. The molecule has 33 heavy (non-hydrogen) atoms. The van der Waals surface area contributed by atoms with Crippen molar-refractivity contribution in [1.82, 2.24) is 4.98 Å². The minimum absolute atomic E-state index is 0.143. The lowest BCUT2D eigenvalue weighted by atomic mass is 10.0. The van der Waals surface area contributed by atoms with Gasteiger partial charge in [0.15, 0.2) is 17.4 Å². The van der Waals surface area contributed by atoms with Crippen LogP contribution in [0.25, 0.3) is 11.3 Å². The molecule has 0 saturated heterocycles. The molecule has 1 amide bonds. The Kier molecular flexibility index (Phi) is 6.86. The van der Waals surface area contributed by atoms with Crippen LogP contribution in [0.4, 0.5) is 5.69 Å². The van der Waals surface area contributed by atoms with Crippen molar-refractivity contribution in [3.05, 3.63) is 101 Å². The molecule has 0 atom stereocenters.